The van der Waals surface area contributed by atoms with E-state index in [0.717, 1.165) is 44.7 Å². The Kier molecular flexibility index (Phi) is 11.9. The van der Waals surface area contributed by atoms with E-state index in [1.165, 1.54) is 0 Å². The van der Waals surface area contributed by atoms with E-state index in [1.54, 1.807) is 37.3 Å². The van der Waals surface area contributed by atoms with Crippen LogP contribution in [0.15, 0.2) is 30.3 Å². The summed E-state index contributed by atoms with van der Waals surface area (Å²) in [5, 5.41) is 0.951. The highest BCUT2D eigenvalue weighted by atomic mass is 17.0. The van der Waals surface area contributed by atoms with Gasteiger partial charge >= 0.3 is 29.8 Å². The average Bonchev–Trinajstić information content (AvgIpc) is 3.50. The Morgan fingerprint density at radius 2 is 1.40 bits per heavy atom. The predicted octanol–water partition coefficient (Wildman–Crippen LogP) is 0.764. The van der Waals surface area contributed by atoms with Gasteiger partial charge in [-0.3, -0.25) is 38.4 Å². The third kappa shape index (κ3) is 8.15. The van der Waals surface area contributed by atoms with E-state index < -0.39 is 103 Å². The molecule has 17 heteroatoms. The van der Waals surface area contributed by atoms with Crippen LogP contribution < -0.4 is 4.90 Å². The van der Waals surface area contributed by atoms with Gasteiger partial charge in [0.1, 0.15) is 12.7 Å². The number of imide groups is 1. The number of ether oxygens (including phenoxy) is 6. The summed E-state index contributed by atoms with van der Waals surface area (Å²) in [6.45, 7) is 6.50. The molecule has 1 aromatic carbocycles. The van der Waals surface area contributed by atoms with Gasteiger partial charge in [-0.2, -0.15) is 0 Å². The molecule has 3 fully saturated rings. The first-order valence-corrected chi connectivity index (χ1v) is 15.2. The number of fused-ring (bicyclic) bond motifs is 3. The second kappa shape index (κ2) is 15.6. The quantitative estimate of drug-likeness (QED) is 0.161. The summed E-state index contributed by atoms with van der Waals surface area (Å²) >= 11 is 0. The Hall–Kier alpha value is -4.45. The summed E-state index contributed by atoms with van der Waals surface area (Å²) in [5.74, 6) is -7.95. The van der Waals surface area contributed by atoms with E-state index in [4.69, 9.17) is 38.1 Å². The molecule has 0 radical (unpaired) electrons. The van der Waals surface area contributed by atoms with Crippen molar-refractivity contribution in [2.45, 2.75) is 90.8 Å². The van der Waals surface area contributed by atoms with E-state index in [2.05, 4.69) is 0 Å². The normalized spacial score (nSPS) is 26.0. The molecule has 0 N–H and O–H groups in total. The van der Waals surface area contributed by atoms with Crippen molar-refractivity contribution in [2.24, 2.45) is 11.8 Å². The number of hydrogen-bond donors (Lipinski definition) is 0. The highest BCUT2D eigenvalue weighted by molar-refractivity contribution is 6.23. The Morgan fingerprint density at radius 1 is 0.792 bits per heavy atom. The van der Waals surface area contributed by atoms with Crippen molar-refractivity contribution in [3.8, 4) is 0 Å². The molecule has 4 rings (SSSR count). The van der Waals surface area contributed by atoms with Crippen LogP contribution in [0.4, 0.5) is 5.69 Å². The van der Waals surface area contributed by atoms with Crippen molar-refractivity contribution in [2.75, 3.05) is 18.1 Å². The largest absolute Gasteiger partial charge is 0.462 e. The Balaban J connectivity index is 1.85. The number of nitrogens with zero attached hydrogens (tertiary/aromatic N) is 2. The smallest absolute Gasteiger partial charge is 0.303 e. The van der Waals surface area contributed by atoms with E-state index in [1.807, 2.05) is 0 Å². The first kappa shape index (κ1) is 36.4. The molecule has 0 spiro atoms. The maximum absolute atomic E-state index is 14.0. The van der Waals surface area contributed by atoms with E-state index >= 15 is 0 Å². The zero-order valence-electron chi connectivity index (χ0n) is 27.2. The van der Waals surface area contributed by atoms with Crippen LogP contribution in [-0.4, -0.2) is 103 Å². The minimum Gasteiger partial charge on any atom is -0.462 e. The minimum absolute atomic E-state index is 0.112. The van der Waals surface area contributed by atoms with E-state index in [9.17, 15) is 33.6 Å². The number of benzene rings is 1. The highest BCUT2D eigenvalue weighted by Crippen LogP contribution is 2.47. The maximum atomic E-state index is 14.0. The topological polar surface area (TPSA) is 200 Å². The van der Waals surface area contributed by atoms with Gasteiger partial charge in [-0.15, -0.1) is 0 Å². The van der Waals surface area contributed by atoms with Crippen LogP contribution in [0, 0.1) is 11.8 Å². The number of anilines is 1. The summed E-state index contributed by atoms with van der Waals surface area (Å²) in [7, 11) is 0. The van der Waals surface area contributed by atoms with E-state index in [0.29, 0.717) is 5.69 Å². The lowest BCUT2D eigenvalue weighted by atomic mass is 9.78. The van der Waals surface area contributed by atoms with Crippen molar-refractivity contribution in [3.05, 3.63) is 30.3 Å². The van der Waals surface area contributed by atoms with Gasteiger partial charge in [0.2, 0.25) is 5.91 Å². The van der Waals surface area contributed by atoms with Crippen LogP contribution >= 0.6 is 0 Å². The molecular formula is C31H38N2O15. The fraction of sp³-hybridized carbons (Fsp3) is 0.581. The molecule has 0 aromatic heterocycles. The molecule has 3 heterocycles. The van der Waals surface area contributed by atoms with Gasteiger partial charge in [0.05, 0.1) is 17.6 Å². The van der Waals surface area contributed by atoms with Crippen molar-refractivity contribution in [1.82, 2.24) is 5.23 Å². The number of hydroxylamine groups is 2. The van der Waals surface area contributed by atoms with Crippen molar-refractivity contribution in [3.63, 3.8) is 0 Å². The molecule has 48 heavy (non-hydrogen) atoms. The molecule has 262 valence electrons. The molecule has 2 amide bonds. The van der Waals surface area contributed by atoms with Crippen LogP contribution in [0.2, 0.25) is 0 Å². The van der Waals surface area contributed by atoms with Gasteiger partial charge in [-0.05, 0) is 19.1 Å². The lowest BCUT2D eigenvalue weighted by Gasteiger charge is -2.45. The lowest BCUT2D eigenvalue weighted by Crippen LogP contribution is -2.61. The maximum Gasteiger partial charge on any atom is 0.303 e. The van der Waals surface area contributed by atoms with Crippen LogP contribution in [0.25, 0.3) is 0 Å². The van der Waals surface area contributed by atoms with Crippen LogP contribution in [0.5, 0.6) is 0 Å². The SMILES string of the molecule is CCO[C@@H]1C[C@H]([C@H](OC(C)=O)[C@@H](OC(C)=O)[C@@H](OC(C)=O)[C@@H](COC(C)=O)OC(C)=O)[C@H]2[C@H]3C(=O)N(c4ccccc4)C(=O)[C@H]3ON2O1. The van der Waals surface area contributed by atoms with E-state index in [-0.39, 0.29) is 13.0 Å². The molecule has 1 aromatic rings. The lowest BCUT2D eigenvalue weighted by molar-refractivity contribution is -0.444. The number of carbonyl (C=O) groups excluding carboxylic acids is 7. The minimum atomic E-state index is -1.74. The Bertz CT molecular complexity index is 1400. The first-order chi connectivity index (χ1) is 22.7. The molecular weight excluding hydrogens is 640 g/mol. The summed E-state index contributed by atoms with van der Waals surface area (Å²) in [5.41, 5.74) is 0.302. The zero-order valence-corrected chi connectivity index (χ0v) is 27.2. The van der Waals surface area contributed by atoms with Gasteiger partial charge in [-0.25, -0.2) is 9.74 Å². The molecule has 17 nitrogen and oxygen atoms in total. The fourth-order valence-corrected chi connectivity index (χ4v) is 6.16. The second-order valence-electron chi connectivity index (χ2n) is 11.2. The van der Waals surface area contributed by atoms with Crippen LogP contribution in [-0.2, 0) is 71.7 Å². The number of rotatable bonds is 13. The molecule has 3 aliphatic rings. The Morgan fingerprint density at radius 3 is 1.96 bits per heavy atom. The fourth-order valence-electron chi connectivity index (χ4n) is 6.16. The number of carbonyl (C=O) groups is 7. The van der Waals surface area contributed by atoms with Crippen LogP contribution in [0.3, 0.4) is 0 Å². The molecule has 3 aliphatic heterocycles. The predicted molar refractivity (Wildman–Crippen MR) is 156 cm³/mol. The van der Waals surface area contributed by atoms with Gasteiger partial charge in [0.25, 0.3) is 5.91 Å². The molecule has 0 unspecified atom stereocenters. The van der Waals surface area contributed by atoms with Crippen molar-refractivity contribution < 1.29 is 71.7 Å². The highest BCUT2D eigenvalue weighted by Gasteiger charge is 2.66. The third-order valence-electron chi connectivity index (χ3n) is 7.73. The zero-order chi connectivity index (χ0) is 35.3. The number of esters is 5. The van der Waals surface area contributed by atoms with Gasteiger partial charge in [0.15, 0.2) is 30.7 Å². The second-order valence-corrected chi connectivity index (χ2v) is 11.2. The van der Waals surface area contributed by atoms with Gasteiger partial charge < -0.3 is 28.4 Å². The average molecular weight is 679 g/mol. The van der Waals surface area contributed by atoms with Crippen LogP contribution in [0.1, 0.15) is 48.0 Å². The molecule has 0 saturated carbocycles. The molecule has 0 bridgehead atoms. The molecule has 3 saturated heterocycles. The number of amides is 2. The van der Waals surface area contributed by atoms with Crippen molar-refractivity contribution >= 4 is 47.3 Å². The third-order valence-corrected chi connectivity index (χ3v) is 7.73. The Labute approximate surface area is 275 Å². The first-order valence-electron chi connectivity index (χ1n) is 15.2. The standard InChI is InChI=1S/C31H38N2O15/c1-7-41-23-13-21(25-24-28(48-33(25)47-23)31(40)32(30(24)39)20-11-9-8-10-12-20)26(44-17(4)36)29(46-19(6)38)27(45-18(5)37)22(43-16(3)35)14-42-15(2)34/h8-12,21-29H,7,13-14H2,1-6H3/t21-,22+,23-,24+,25-,26-,27-,28-,29+/m0/s1. The number of hydrogen-bond acceptors (Lipinski definition) is 16. The summed E-state index contributed by atoms with van der Waals surface area (Å²) in [4.78, 5) is 102. The summed E-state index contributed by atoms with van der Waals surface area (Å²) in [6, 6.07) is 7.03. The van der Waals surface area contributed by atoms with Gasteiger partial charge in [-0.1, -0.05) is 23.4 Å². The summed E-state index contributed by atoms with van der Waals surface area (Å²) < 4.78 is 33.1. The summed E-state index contributed by atoms with van der Waals surface area (Å²) in [6.07, 6.45) is -9.14. The monoisotopic (exact) mass is 678 g/mol. The van der Waals surface area contributed by atoms with Gasteiger partial charge in [0, 0.05) is 53.6 Å². The molecule has 0 aliphatic carbocycles. The van der Waals surface area contributed by atoms with Crippen molar-refractivity contribution in [1.29, 1.82) is 0 Å². The molecule has 9 atom stereocenters. The number of para-hydroxylation sites is 1.